The van der Waals surface area contributed by atoms with E-state index >= 15 is 0 Å². The van der Waals surface area contributed by atoms with Gasteiger partial charge in [0.05, 0.1) is 11.1 Å². The van der Waals surface area contributed by atoms with Gasteiger partial charge in [-0.25, -0.2) is 4.39 Å². The average Bonchev–Trinajstić information content (AvgIpc) is 2.34. The van der Waals surface area contributed by atoms with Crippen LogP contribution in [-0.2, 0) is 6.42 Å². The Morgan fingerprint density at radius 3 is 2.61 bits per heavy atom. The minimum absolute atomic E-state index is 0.0562. The zero-order chi connectivity index (χ0) is 13.1. The lowest BCUT2D eigenvalue weighted by molar-refractivity contribution is 0.179. The Hall–Kier alpha value is -1.58. The van der Waals surface area contributed by atoms with Gasteiger partial charge in [-0.15, -0.1) is 0 Å². The van der Waals surface area contributed by atoms with Crippen molar-refractivity contribution in [3.63, 3.8) is 0 Å². The lowest BCUT2D eigenvalue weighted by atomic mass is 10.00. The normalized spacial score (nSPS) is 12.4. The largest absolute Gasteiger partial charge is 0.398 e. The fourth-order valence-corrected chi connectivity index (χ4v) is 2.02. The van der Waals surface area contributed by atoms with Crippen molar-refractivity contribution >= 4 is 17.3 Å². The topological polar surface area (TPSA) is 46.2 Å². The molecule has 1 unspecified atom stereocenters. The Labute approximate surface area is 110 Å². The van der Waals surface area contributed by atoms with Gasteiger partial charge in [-0.05, 0) is 23.8 Å². The fourth-order valence-electron chi connectivity index (χ4n) is 1.81. The molecule has 0 spiro atoms. The molecule has 3 N–H and O–H groups in total. The summed E-state index contributed by atoms with van der Waals surface area (Å²) in [6.45, 7) is 0. The number of hydrogen-bond acceptors (Lipinski definition) is 2. The minimum atomic E-state index is -0.729. The van der Waals surface area contributed by atoms with E-state index in [1.807, 2.05) is 6.07 Å². The van der Waals surface area contributed by atoms with Crippen LogP contribution < -0.4 is 5.73 Å². The van der Waals surface area contributed by atoms with Gasteiger partial charge in [0.2, 0.25) is 0 Å². The first-order chi connectivity index (χ1) is 8.58. The van der Waals surface area contributed by atoms with Gasteiger partial charge in [0.1, 0.15) is 5.82 Å². The summed E-state index contributed by atoms with van der Waals surface area (Å²) in [7, 11) is 0. The number of halogens is 2. The maximum Gasteiger partial charge on any atom is 0.141 e. The third-order valence-corrected chi connectivity index (χ3v) is 3.06. The highest BCUT2D eigenvalue weighted by Gasteiger charge is 2.12. The summed E-state index contributed by atoms with van der Waals surface area (Å²) in [4.78, 5) is 0. The monoisotopic (exact) mass is 265 g/mol. The number of benzene rings is 2. The van der Waals surface area contributed by atoms with Gasteiger partial charge in [-0.3, -0.25) is 0 Å². The molecule has 0 radical (unpaired) electrons. The van der Waals surface area contributed by atoms with E-state index in [0.717, 1.165) is 5.56 Å². The van der Waals surface area contributed by atoms with Crippen LogP contribution in [0.5, 0.6) is 0 Å². The molecular weight excluding hydrogens is 253 g/mol. The van der Waals surface area contributed by atoms with Crippen LogP contribution in [0.2, 0.25) is 5.02 Å². The first kappa shape index (κ1) is 12.9. The average molecular weight is 266 g/mol. The molecule has 0 heterocycles. The summed E-state index contributed by atoms with van der Waals surface area (Å²) < 4.78 is 13.0. The van der Waals surface area contributed by atoms with Crippen LogP contribution in [0.3, 0.4) is 0 Å². The number of anilines is 1. The standard InChI is InChI=1S/C14H13ClFNO/c15-11-7-9(5-6-12(11)16)8-14(18)10-3-1-2-4-13(10)17/h1-7,14,18H,8,17H2. The highest BCUT2D eigenvalue weighted by atomic mass is 35.5. The molecule has 0 bridgehead atoms. The first-order valence-corrected chi connectivity index (χ1v) is 5.92. The Balaban J connectivity index is 2.19. The SMILES string of the molecule is Nc1ccccc1C(O)Cc1ccc(F)c(Cl)c1. The van der Waals surface area contributed by atoms with Gasteiger partial charge in [-0.1, -0.05) is 35.9 Å². The summed E-state index contributed by atoms with van der Waals surface area (Å²) in [5.41, 5.74) is 7.75. The summed E-state index contributed by atoms with van der Waals surface area (Å²) in [5, 5.41) is 10.2. The molecule has 0 saturated carbocycles. The smallest absolute Gasteiger partial charge is 0.141 e. The van der Waals surface area contributed by atoms with Crippen LogP contribution in [-0.4, -0.2) is 5.11 Å². The second-order valence-electron chi connectivity index (χ2n) is 4.10. The van der Waals surface area contributed by atoms with Crippen LogP contribution in [0.1, 0.15) is 17.2 Å². The van der Waals surface area contributed by atoms with Gasteiger partial charge < -0.3 is 10.8 Å². The zero-order valence-electron chi connectivity index (χ0n) is 9.61. The van der Waals surface area contributed by atoms with E-state index in [1.165, 1.54) is 12.1 Å². The minimum Gasteiger partial charge on any atom is -0.398 e. The molecule has 0 aliphatic heterocycles. The molecule has 0 aromatic heterocycles. The number of hydrogen-bond donors (Lipinski definition) is 2. The Morgan fingerprint density at radius 2 is 1.94 bits per heavy atom. The highest BCUT2D eigenvalue weighted by molar-refractivity contribution is 6.30. The van der Waals surface area contributed by atoms with Crippen molar-refractivity contribution in [1.82, 2.24) is 0 Å². The Bertz CT molecular complexity index is 559. The molecule has 0 aliphatic rings. The molecule has 0 aliphatic carbocycles. The second-order valence-corrected chi connectivity index (χ2v) is 4.50. The van der Waals surface area contributed by atoms with Crippen molar-refractivity contribution in [2.75, 3.05) is 5.73 Å². The number of aliphatic hydroxyl groups excluding tert-OH is 1. The van der Waals surface area contributed by atoms with Crippen LogP contribution in [0.25, 0.3) is 0 Å². The molecule has 2 nitrogen and oxygen atoms in total. The van der Waals surface area contributed by atoms with Crippen molar-refractivity contribution in [1.29, 1.82) is 0 Å². The van der Waals surface area contributed by atoms with Crippen LogP contribution >= 0.6 is 11.6 Å². The summed E-state index contributed by atoms with van der Waals surface area (Å²) in [6.07, 6.45) is -0.387. The van der Waals surface area contributed by atoms with E-state index in [9.17, 15) is 9.50 Å². The maximum atomic E-state index is 13.0. The highest BCUT2D eigenvalue weighted by Crippen LogP contribution is 2.25. The summed E-state index contributed by atoms with van der Waals surface area (Å²) >= 11 is 5.69. The predicted octanol–water partition coefficient (Wildman–Crippen LogP) is 3.34. The molecule has 94 valence electrons. The van der Waals surface area contributed by atoms with E-state index < -0.39 is 11.9 Å². The van der Waals surface area contributed by atoms with E-state index in [2.05, 4.69) is 0 Å². The van der Waals surface area contributed by atoms with Gasteiger partial charge in [-0.2, -0.15) is 0 Å². The van der Waals surface area contributed by atoms with Gasteiger partial charge >= 0.3 is 0 Å². The molecule has 0 fully saturated rings. The lowest BCUT2D eigenvalue weighted by Crippen LogP contribution is -2.05. The molecule has 0 amide bonds. The van der Waals surface area contributed by atoms with Gasteiger partial charge in [0, 0.05) is 17.7 Å². The molecule has 2 aromatic rings. The summed E-state index contributed by atoms with van der Waals surface area (Å²) in [6, 6.07) is 11.5. The molecule has 4 heteroatoms. The van der Waals surface area contributed by atoms with E-state index in [1.54, 1.807) is 24.3 Å². The van der Waals surface area contributed by atoms with Crippen molar-refractivity contribution in [3.8, 4) is 0 Å². The van der Waals surface area contributed by atoms with Crippen molar-refractivity contribution in [2.24, 2.45) is 0 Å². The van der Waals surface area contributed by atoms with Crippen molar-refractivity contribution in [2.45, 2.75) is 12.5 Å². The van der Waals surface area contributed by atoms with Gasteiger partial charge in [0.25, 0.3) is 0 Å². The van der Waals surface area contributed by atoms with Crippen LogP contribution in [0.15, 0.2) is 42.5 Å². The first-order valence-electron chi connectivity index (χ1n) is 5.54. The number of rotatable bonds is 3. The van der Waals surface area contributed by atoms with Gasteiger partial charge in [0.15, 0.2) is 0 Å². The summed E-state index contributed by atoms with van der Waals surface area (Å²) in [5.74, 6) is -0.464. The van der Waals surface area contributed by atoms with Crippen LogP contribution in [0, 0.1) is 5.82 Å². The van der Waals surface area contributed by atoms with Crippen LogP contribution in [0.4, 0.5) is 10.1 Å². The van der Waals surface area contributed by atoms with Crippen molar-refractivity contribution < 1.29 is 9.50 Å². The molecule has 0 saturated heterocycles. The second kappa shape index (κ2) is 5.38. The quantitative estimate of drug-likeness (QED) is 0.836. The predicted molar refractivity (Wildman–Crippen MR) is 70.9 cm³/mol. The van der Waals surface area contributed by atoms with Crippen molar-refractivity contribution in [3.05, 3.63) is 64.4 Å². The van der Waals surface area contributed by atoms with E-state index in [-0.39, 0.29) is 5.02 Å². The van der Waals surface area contributed by atoms with E-state index in [0.29, 0.717) is 17.7 Å². The lowest BCUT2D eigenvalue weighted by Gasteiger charge is -2.13. The van der Waals surface area contributed by atoms with E-state index in [4.69, 9.17) is 17.3 Å². The molecule has 2 aromatic carbocycles. The third kappa shape index (κ3) is 2.81. The number of nitrogens with two attached hydrogens (primary N) is 1. The molecule has 18 heavy (non-hydrogen) atoms. The third-order valence-electron chi connectivity index (χ3n) is 2.77. The fraction of sp³-hybridized carbons (Fsp3) is 0.143. The molecule has 2 rings (SSSR count). The maximum absolute atomic E-state index is 13.0. The zero-order valence-corrected chi connectivity index (χ0v) is 10.4. The molecule has 1 atom stereocenters. The number of nitrogen functional groups attached to an aromatic ring is 1. The molecular formula is C14H13ClFNO. The number of aliphatic hydroxyl groups is 1. The number of para-hydroxylation sites is 1. The Kier molecular flexibility index (Phi) is 3.84. The Morgan fingerprint density at radius 1 is 1.22 bits per heavy atom.